The fraction of sp³-hybridized carbons (Fsp3) is 0.238. The molecule has 5 nitrogen and oxygen atoms in total. The SMILES string of the molecule is COc1ccccc1CNC(=O)c1nn(-c2ccc(F)cc2)c2c1CCC2. The minimum Gasteiger partial charge on any atom is -0.496 e. The summed E-state index contributed by atoms with van der Waals surface area (Å²) in [7, 11) is 1.61. The zero-order chi connectivity index (χ0) is 18.8. The molecular weight excluding hydrogens is 345 g/mol. The number of ether oxygens (including phenoxy) is 1. The van der Waals surface area contributed by atoms with Crippen LogP contribution < -0.4 is 10.1 Å². The number of halogens is 1. The lowest BCUT2D eigenvalue weighted by Gasteiger charge is -2.09. The average molecular weight is 365 g/mol. The number of aromatic nitrogens is 2. The molecule has 3 aromatic rings. The molecular formula is C21H20FN3O2. The number of hydrogen-bond acceptors (Lipinski definition) is 3. The zero-order valence-electron chi connectivity index (χ0n) is 15.0. The molecule has 1 amide bonds. The second-order valence-electron chi connectivity index (χ2n) is 6.51. The molecule has 0 atom stereocenters. The first kappa shape index (κ1) is 17.3. The number of benzene rings is 2. The second kappa shape index (κ2) is 7.23. The van der Waals surface area contributed by atoms with Gasteiger partial charge in [0, 0.05) is 23.4 Å². The molecule has 6 heteroatoms. The first-order chi connectivity index (χ1) is 13.2. The first-order valence-corrected chi connectivity index (χ1v) is 8.94. The van der Waals surface area contributed by atoms with Gasteiger partial charge in [-0.25, -0.2) is 9.07 Å². The number of methoxy groups -OCH3 is 1. The Hall–Kier alpha value is -3.15. The Kier molecular flexibility index (Phi) is 4.62. The van der Waals surface area contributed by atoms with Crippen molar-refractivity contribution in [3.05, 3.63) is 76.9 Å². The van der Waals surface area contributed by atoms with Crippen molar-refractivity contribution in [3.8, 4) is 11.4 Å². The molecule has 138 valence electrons. The van der Waals surface area contributed by atoms with E-state index in [2.05, 4.69) is 10.4 Å². The Morgan fingerprint density at radius 2 is 1.96 bits per heavy atom. The van der Waals surface area contributed by atoms with Crippen LogP contribution in [0.4, 0.5) is 4.39 Å². The van der Waals surface area contributed by atoms with Gasteiger partial charge in [-0.2, -0.15) is 5.10 Å². The van der Waals surface area contributed by atoms with E-state index < -0.39 is 0 Å². The number of nitrogens with one attached hydrogen (secondary N) is 1. The molecule has 0 aliphatic heterocycles. The third-order valence-corrected chi connectivity index (χ3v) is 4.85. The van der Waals surface area contributed by atoms with Crippen molar-refractivity contribution in [2.45, 2.75) is 25.8 Å². The summed E-state index contributed by atoms with van der Waals surface area (Å²) < 4.78 is 20.3. The van der Waals surface area contributed by atoms with Gasteiger partial charge in [-0.05, 0) is 49.6 Å². The van der Waals surface area contributed by atoms with Crippen molar-refractivity contribution < 1.29 is 13.9 Å². The van der Waals surface area contributed by atoms with Crippen LogP contribution in [0.25, 0.3) is 5.69 Å². The van der Waals surface area contributed by atoms with Crippen molar-refractivity contribution in [3.63, 3.8) is 0 Å². The number of rotatable bonds is 5. The molecule has 1 aliphatic rings. The number of hydrogen-bond donors (Lipinski definition) is 1. The highest BCUT2D eigenvalue weighted by Crippen LogP contribution is 2.28. The molecule has 0 saturated heterocycles. The van der Waals surface area contributed by atoms with Gasteiger partial charge in [-0.1, -0.05) is 18.2 Å². The van der Waals surface area contributed by atoms with Crippen LogP contribution in [0.15, 0.2) is 48.5 Å². The third kappa shape index (κ3) is 3.30. The first-order valence-electron chi connectivity index (χ1n) is 8.94. The molecule has 0 bridgehead atoms. The summed E-state index contributed by atoms with van der Waals surface area (Å²) >= 11 is 0. The molecule has 0 saturated carbocycles. The van der Waals surface area contributed by atoms with Crippen LogP contribution in [-0.2, 0) is 19.4 Å². The van der Waals surface area contributed by atoms with Crippen LogP contribution in [0.1, 0.15) is 33.7 Å². The molecule has 4 rings (SSSR count). The molecule has 1 heterocycles. The third-order valence-electron chi connectivity index (χ3n) is 4.85. The summed E-state index contributed by atoms with van der Waals surface area (Å²) in [6, 6.07) is 13.7. The predicted octanol–water partition coefficient (Wildman–Crippen LogP) is 3.44. The van der Waals surface area contributed by atoms with E-state index in [0.717, 1.165) is 47.5 Å². The molecule has 0 fully saturated rings. The van der Waals surface area contributed by atoms with Crippen LogP contribution in [0, 0.1) is 5.82 Å². The smallest absolute Gasteiger partial charge is 0.272 e. The summed E-state index contributed by atoms with van der Waals surface area (Å²) in [5, 5.41) is 7.48. The number of carbonyl (C=O) groups is 1. The van der Waals surface area contributed by atoms with E-state index in [9.17, 15) is 9.18 Å². The minimum absolute atomic E-state index is 0.208. The molecule has 0 radical (unpaired) electrons. The van der Waals surface area contributed by atoms with Crippen LogP contribution in [0.5, 0.6) is 5.75 Å². The van der Waals surface area contributed by atoms with Gasteiger partial charge in [0.25, 0.3) is 5.91 Å². The van der Waals surface area contributed by atoms with Crippen molar-refractivity contribution in [2.75, 3.05) is 7.11 Å². The van der Waals surface area contributed by atoms with E-state index in [0.29, 0.717) is 12.2 Å². The Bertz CT molecular complexity index is 980. The molecule has 1 aliphatic carbocycles. The number of fused-ring (bicyclic) bond motifs is 1. The second-order valence-corrected chi connectivity index (χ2v) is 6.51. The van der Waals surface area contributed by atoms with Crippen LogP contribution in [0.3, 0.4) is 0 Å². The quantitative estimate of drug-likeness (QED) is 0.754. The van der Waals surface area contributed by atoms with E-state index >= 15 is 0 Å². The Morgan fingerprint density at radius 1 is 1.19 bits per heavy atom. The van der Waals surface area contributed by atoms with Gasteiger partial charge in [-0.3, -0.25) is 4.79 Å². The lowest BCUT2D eigenvalue weighted by atomic mass is 10.1. The highest BCUT2D eigenvalue weighted by atomic mass is 19.1. The molecule has 27 heavy (non-hydrogen) atoms. The Morgan fingerprint density at radius 3 is 2.74 bits per heavy atom. The molecule has 0 spiro atoms. The van der Waals surface area contributed by atoms with Crippen LogP contribution in [0.2, 0.25) is 0 Å². The summed E-state index contributed by atoms with van der Waals surface area (Å²) in [6.07, 6.45) is 2.68. The summed E-state index contributed by atoms with van der Waals surface area (Å²) in [4.78, 5) is 12.8. The van der Waals surface area contributed by atoms with Crippen molar-refractivity contribution in [1.82, 2.24) is 15.1 Å². The van der Waals surface area contributed by atoms with Crippen LogP contribution in [-0.4, -0.2) is 22.8 Å². The Labute approximate surface area is 156 Å². The molecule has 1 N–H and O–H groups in total. The van der Waals surface area contributed by atoms with Gasteiger partial charge in [-0.15, -0.1) is 0 Å². The van der Waals surface area contributed by atoms with Crippen molar-refractivity contribution in [1.29, 1.82) is 0 Å². The zero-order valence-corrected chi connectivity index (χ0v) is 15.0. The number of nitrogens with zero attached hydrogens (tertiary/aromatic N) is 2. The molecule has 2 aromatic carbocycles. The van der Waals surface area contributed by atoms with Gasteiger partial charge in [0.15, 0.2) is 5.69 Å². The van der Waals surface area contributed by atoms with Crippen molar-refractivity contribution in [2.24, 2.45) is 0 Å². The fourth-order valence-corrected chi connectivity index (χ4v) is 3.52. The normalized spacial score (nSPS) is 12.7. The highest BCUT2D eigenvalue weighted by molar-refractivity contribution is 5.94. The highest BCUT2D eigenvalue weighted by Gasteiger charge is 2.27. The molecule has 0 unspecified atom stereocenters. The van der Waals surface area contributed by atoms with Gasteiger partial charge in [0.05, 0.1) is 12.8 Å². The fourth-order valence-electron chi connectivity index (χ4n) is 3.52. The van der Waals surface area contributed by atoms with Gasteiger partial charge in [0.2, 0.25) is 0 Å². The lowest BCUT2D eigenvalue weighted by molar-refractivity contribution is 0.0944. The van der Waals surface area contributed by atoms with E-state index in [1.807, 2.05) is 24.3 Å². The summed E-state index contributed by atoms with van der Waals surface area (Å²) in [5.41, 5.74) is 4.13. The van der Waals surface area contributed by atoms with Crippen molar-refractivity contribution >= 4 is 5.91 Å². The minimum atomic E-state index is -0.294. The number of amides is 1. The standard InChI is InChI=1S/C21H20FN3O2/c1-27-19-8-3-2-5-14(19)13-23-21(26)20-17-6-4-7-18(17)25(24-20)16-11-9-15(22)10-12-16/h2-3,5,8-12H,4,6-7,13H2,1H3,(H,23,26). The maximum Gasteiger partial charge on any atom is 0.272 e. The van der Waals surface area contributed by atoms with Gasteiger partial charge >= 0.3 is 0 Å². The van der Waals surface area contributed by atoms with Gasteiger partial charge in [0.1, 0.15) is 11.6 Å². The summed E-state index contributed by atoms with van der Waals surface area (Å²) in [6.45, 7) is 0.362. The van der Waals surface area contributed by atoms with E-state index in [-0.39, 0.29) is 11.7 Å². The van der Waals surface area contributed by atoms with E-state index in [1.165, 1.54) is 12.1 Å². The van der Waals surface area contributed by atoms with Gasteiger partial charge < -0.3 is 10.1 Å². The monoisotopic (exact) mass is 365 g/mol. The lowest BCUT2D eigenvalue weighted by Crippen LogP contribution is -2.24. The topological polar surface area (TPSA) is 56.1 Å². The summed E-state index contributed by atoms with van der Waals surface area (Å²) in [5.74, 6) is 0.233. The predicted molar refractivity (Wildman–Crippen MR) is 99.7 cm³/mol. The Balaban J connectivity index is 1.59. The van der Waals surface area contributed by atoms with Crippen LogP contribution >= 0.6 is 0 Å². The maximum absolute atomic E-state index is 13.2. The average Bonchev–Trinajstić information content (AvgIpc) is 3.30. The maximum atomic E-state index is 13.2. The number of carbonyl (C=O) groups excluding carboxylic acids is 1. The molecule has 1 aromatic heterocycles. The largest absolute Gasteiger partial charge is 0.496 e. The van der Waals surface area contributed by atoms with E-state index in [4.69, 9.17) is 4.74 Å². The van der Waals surface area contributed by atoms with E-state index in [1.54, 1.807) is 23.9 Å². The number of para-hydroxylation sites is 1.